The van der Waals surface area contributed by atoms with Gasteiger partial charge < -0.3 is 16.2 Å². The summed E-state index contributed by atoms with van der Waals surface area (Å²) in [6, 6.07) is 0.311. The van der Waals surface area contributed by atoms with Crippen LogP contribution in [0, 0.1) is 5.92 Å². The molecule has 0 amide bonds. The van der Waals surface area contributed by atoms with Gasteiger partial charge in [-0.1, -0.05) is 13.8 Å². The molecule has 0 aromatic carbocycles. The second-order valence-electron chi connectivity index (χ2n) is 3.94. The van der Waals surface area contributed by atoms with Crippen LogP contribution in [-0.4, -0.2) is 31.1 Å². The van der Waals surface area contributed by atoms with Crippen molar-refractivity contribution in [3.05, 3.63) is 0 Å². The van der Waals surface area contributed by atoms with Crippen LogP contribution in [-0.2, 0) is 4.74 Å². The van der Waals surface area contributed by atoms with Gasteiger partial charge in [0, 0.05) is 12.5 Å². The Balaban J connectivity index is 2.60. The molecule has 0 bridgehead atoms. The normalized spacial score (nSPS) is 27.6. The van der Waals surface area contributed by atoms with Gasteiger partial charge in [0.25, 0.3) is 0 Å². The molecule has 0 aromatic rings. The van der Waals surface area contributed by atoms with Crippen molar-refractivity contribution in [2.75, 3.05) is 13.2 Å². The van der Waals surface area contributed by atoms with Crippen molar-refractivity contribution in [2.45, 2.75) is 38.8 Å². The summed E-state index contributed by atoms with van der Waals surface area (Å²) in [7, 11) is 0. The Labute approximate surface area is 85.7 Å². The van der Waals surface area contributed by atoms with E-state index < -0.39 is 0 Å². The van der Waals surface area contributed by atoms with Crippen molar-refractivity contribution >= 4 is 5.84 Å². The summed E-state index contributed by atoms with van der Waals surface area (Å²) in [5, 5.41) is 0. The molecule has 0 aromatic heterocycles. The fourth-order valence-corrected chi connectivity index (χ4v) is 1.62. The van der Waals surface area contributed by atoms with Gasteiger partial charge in [-0.05, 0) is 12.3 Å². The van der Waals surface area contributed by atoms with Gasteiger partial charge in [-0.2, -0.15) is 0 Å². The summed E-state index contributed by atoms with van der Waals surface area (Å²) in [6.07, 6.45) is 1.71. The van der Waals surface area contributed by atoms with Crippen LogP contribution in [0.5, 0.6) is 0 Å². The summed E-state index contributed by atoms with van der Waals surface area (Å²) in [5.74, 6) is 1.03. The van der Waals surface area contributed by atoms with Crippen LogP contribution >= 0.6 is 0 Å². The van der Waals surface area contributed by atoms with Crippen molar-refractivity contribution in [1.29, 1.82) is 0 Å². The predicted molar refractivity (Wildman–Crippen MR) is 58.3 cm³/mol. The highest BCUT2D eigenvalue weighted by Crippen LogP contribution is 2.15. The number of amidine groups is 1. The van der Waals surface area contributed by atoms with Gasteiger partial charge in [-0.25, -0.2) is 0 Å². The molecule has 4 nitrogen and oxygen atoms in total. The molecular formula is C10H21N3O. The molecule has 3 unspecified atom stereocenters. The molecule has 1 aliphatic heterocycles. The lowest BCUT2D eigenvalue weighted by molar-refractivity contribution is 0.115. The first-order chi connectivity index (χ1) is 6.65. The Morgan fingerprint density at radius 3 is 3.00 bits per heavy atom. The lowest BCUT2D eigenvalue weighted by atomic mass is 9.93. The molecule has 1 aliphatic rings. The Hall–Kier alpha value is -0.610. The molecule has 4 heteroatoms. The van der Waals surface area contributed by atoms with E-state index in [4.69, 9.17) is 16.2 Å². The van der Waals surface area contributed by atoms with Crippen molar-refractivity contribution in [3.8, 4) is 0 Å². The van der Waals surface area contributed by atoms with E-state index in [2.05, 4.69) is 18.8 Å². The highest BCUT2D eigenvalue weighted by molar-refractivity contribution is 5.80. The summed E-state index contributed by atoms with van der Waals surface area (Å²) in [5.41, 5.74) is 11.7. The molecule has 0 saturated carbocycles. The topological polar surface area (TPSA) is 73.6 Å². The van der Waals surface area contributed by atoms with Gasteiger partial charge in [-0.3, -0.25) is 4.99 Å². The number of hydrogen-bond acceptors (Lipinski definition) is 4. The van der Waals surface area contributed by atoms with Crippen LogP contribution in [0.1, 0.15) is 26.7 Å². The maximum Gasteiger partial charge on any atom is 0.0964 e. The maximum atomic E-state index is 5.98. The van der Waals surface area contributed by atoms with Gasteiger partial charge in [-0.15, -0.1) is 0 Å². The zero-order valence-corrected chi connectivity index (χ0v) is 9.07. The third kappa shape index (κ3) is 2.96. The van der Waals surface area contributed by atoms with E-state index in [0.29, 0.717) is 25.0 Å². The fourth-order valence-electron chi connectivity index (χ4n) is 1.62. The fraction of sp³-hybridized carbons (Fsp3) is 0.900. The minimum Gasteiger partial charge on any atom is -0.387 e. The van der Waals surface area contributed by atoms with E-state index >= 15 is 0 Å². The van der Waals surface area contributed by atoms with Gasteiger partial charge in [0.1, 0.15) is 0 Å². The standard InChI is InChI=1S/C10H21N3O/c1-3-8(11)7(2)9-6-14-5-4-10(12)13-9/h7-9H,3-6,11H2,1-2H3,(H2,12,13). The van der Waals surface area contributed by atoms with Crippen LogP contribution in [0.4, 0.5) is 0 Å². The van der Waals surface area contributed by atoms with Crippen molar-refractivity contribution in [1.82, 2.24) is 0 Å². The Bertz CT molecular complexity index is 206. The van der Waals surface area contributed by atoms with Crippen molar-refractivity contribution in [2.24, 2.45) is 22.4 Å². The number of nitrogens with zero attached hydrogens (tertiary/aromatic N) is 1. The number of nitrogens with two attached hydrogens (primary N) is 2. The highest BCUT2D eigenvalue weighted by Gasteiger charge is 2.23. The molecule has 14 heavy (non-hydrogen) atoms. The van der Waals surface area contributed by atoms with Gasteiger partial charge >= 0.3 is 0 Å². The minimum atomic E-state index is 0.132. The summed E-state index contributed by atoms with van der Waals surface area (Å²) in [6.45, 7) is 5.53. The minimum absolute atomic E-state index is 0.132. The molecule has 0 fully saturated rings. The molecule has 0 saturated heterocycles. The summed E-state index contributed by atoms with van der Waals surface area (Å²) < 4.78 is 5.44. The van der Waals surface area contributed by atoms with Gasteiger partial charge in [0.05, 0.1) is 25.1 Å². The smallest absolute Gasteiger partial charge is 0.0964 e. The second-order valence-corrected chi connectivity index (χ2v) is 3.94. The van der Waals surface area contributed by atoms with E-state index in [0.717, 1.165) is 12.8 Å². The zero-order valence-electron chi connectivity index (χ0n) is 9.07. The number of hydrogen-bond donors (Lipinski definition) is 2. The Kier molecular flexibility index (Phi) is 4.35. The SMILES string of the molecule is CCC(N)C(C)C1COCCC(N)=N1. The molecule has 82 valence electrons. The van der Waals surface area contributed by atoms with Gasteiger partial charge in [0.15, 0.2) is 0 Å². The van der Waals surface area contributed by atoms with E-state index in [1.165, 1.54) is 0 Å². The maximum absolute atomic E-state index is 5.98. The largest absolute Gasteiger partial charge is 0.387 e. The Morgan fingerprint density at radius 1 is 1.64 bits per heavy atom. The van der Waals surface area contributed by atoms with Crippen LogP contribution in [0.3, 0.4) is 0 Å². The van der Waals surface area contributed by atoms with E-state index in [1.54, 1.807) is 0 Å². The average molecular weight is 199 g/mol. The third-order valence-electron chi connectivity index (χ3n) is 2.88. The van der Waals surface area contributed by atoms with E-state index in [-0.39, 0.29) is 12.1 Å². The first kappa shape index (κ1) is 11.5. The van der Waals surface area contributed by atoms with Crippen LogP contribution in [0.15, 0.2) is 4.99 Å². The summed E-state index contributed by atoms with van der Waals surface area (Å²) in [4.78, 5) is 4.43. The van der Waals surface area contributed by atoms with E-state index in [1.807, 2.05) is 0 Å². The number of aliphatic imine (C=N–C) groups is 1. The quantitative estimate of drug-likeness (QED) is 0.695. The molecule has 3 atom stereocenters. The third-order valence-corrected chi connectivity index (χ3v) is 2.88. The monoisotopic (exact) mass is 199 g/mol. The molecular weight excluding hydrogens is 178 g/mol. The first-order valence-electron chi connectivity index (χ1n) is 5.30. The predicted octanol–water partition coefficient (Wildman–Crippen LogP) is 0.506. The molecule has 4 N–H and O–H groups in total. The van der Waals surface area contributed by atoms with Gasteiger partial charge in [0.2, 0.25) is 0 Å². The lowest BCUT2D eigenvalue weighted by Gasteiger charge is -2.24. The molecule has 0 radical (unpaired) electrons. The zero-order chi connectivity index (χ0) is 10.6. The van der Waals surface area contributed by atoms with Crippen LogP contribution in [0.2, 0.25) is 0 Å². The summed E-state index contributed by atoms with van der Waals surface area (Å²) >= 11 is 0. The molecule has 0 spiro atoms. The first-order valence-corrected chi connectivity index (χ1v) is 5.30. The second kappa shape index (κ2) is 5.32. The van der Waals surface area contributed by atoms with Crippen LogP contribution < -0.4 is 11.5 Å². The molecule has 1 heterocycles. The van der Waals surface area contributed by atoms with Crippen LogP contribution in [0.25, 0.3) is 0 Å². The van der Waals surface area contributed by atoms with Crippen molar-refractivity contribution < 1.29 is 4.74 Å². The number of ether oxygens (including phenoxy) is 1. The van der Waals surface area contributed by atoms with Crippen molar-refractivity contribution in [3.63, 3.8) is 0 Å². The molecule has 0 aliphatic carbocycles. The average Bonchev–Trinajstić information content (AvgIpc) is 2.40. The Morgan fingerprint density at radius 2 is 2.36 bits per heavy atom. The molecule has 1 rings (SSSR count). The van der Waals surface area contributed by atoms with E-state index in [9.17, 15) is 0 Å². The number of rotatable bonds is 3. The lowest BCUT2D eigenvalue weighted by Crippen LogP contribution is -2.37. The highest BCUT2D eigenvalue weighted by atomic mass is 16.5.